The molecule has 0 saturated heterocycles. The highest BCUT2D eigenvalue weighted by molar-refractivity contribution is 8.08. The monoisotopic (exact) mass is 375 g/mol. The average Bonchev–Trinajstić information content (AvgIpc) is 2.81. The summed E-state index contributed by atoms with van der Waals surface area (Å²) in [6, 6.07) is 10.9. The summed E-state index contributed by atoms with van der Waals surface area (Å²) in [5, 5.41) is 0.800. The zero-order chi connectivity index (χ0) is 17.1. The van der Waals surface area contributed by atoms with Crippen molar-refractivity contribution in [1.82, 2.24) is 14.9 Å². The second-order valence-electron chi connectivity index (χ2n) is 4.81. The van der Waals surface area contributed by atoms with Crippen LogP contribution in [-0.2, 0) is 9.59 Å². The molecule has 0 aliphatic carbocycles. The maximum Gasteiger partial charge on any atom is 0.269 e. The fourth-order valence-electron chi connectivity index (χ4n) is 2.05. The fraction of sp³-hybridized carbons (Fsp3) is 0.125. The Morgan fingerprint density at radius 3 is 1.71 bits per heavy atom. The van der Waals surface area contributed by atoms with Gasteiger partial charge < -0.3 is 0 Å². The number of rotatable bonds is 5. The highest BCUT2D eigenvalue weighted by atomic mass is 32.2. The van der Waals surface area contributed by atoms with Crippen molar-refractivity contribution < 1.29 is 9.59 Å². The maximum absolute atomic E-state index is 12.7. The molecular formula is C16H13N3O2S3. The number of thioether (sulfide) groups is 2. The average molecular weight is 376 g/mol. The summed E-state index contributed by atoms with van der Waals surface area (Å²) in [5.74, 6) is -0.701. The van der Waals surface area contributed by atoms with Gasteiger partial charge in [-0.1, -0.05) is 35.7 Å². The minimum atomic E-state index is -0.508. The molecule has 2 amide bonds. The topological polar surface area (TPSA) is 63.2 Å². The highest BCUT2D eigenvalue weighted by Gasteiger charge is 2.41. The molecule has 3 heterocycles. The van der Waals surface area contributed by atoms with Crippen molar-refractivity contribution in [2.75, 3.05) is 0 Å². The molecule has 0 saturated carbocycles. The first kappa shape index (κ1) is 17.1. The lowest BCUT2D eigenvalue weighted by Gasteiger charge is -2.18. The van der Waals surface area contributed by atoms with Crippen molar-refractivity contribution in [2.24, 2.45) is 0 Å². The van der Waals surface area contributed by atoms with Gasteiger partial charge in [-0.25, -0.2) is 9.97 Å². The summed E-state index contributed by atoms with van der Waals surface area (Å²) in [6.07, 6.45) is 3.30. The first-order chi connectivity index (χ1) is 11.6. The summed E-state index contributed by atoms with van der Waals surface area (Å²) >= 11 is 6.62. The van der Waals surface area contributed by atoms with Crippen molar-refractivity contribution in [1.29, 1.82) is 0 Å². The Morgan fingerprint density at radius 1 is 0.917 bits per heavy atom. The first-order valence-corrected chi connectivity index (χ1v) is 9.21. The normalized spacial score (nSPS) is 16.0. The van der Waals surface area contributed by atoms with E-state index in [0.29, 0.717) is 19.9 Å². The van der Waals surface area contributed by atoms with E-state index in [1.54, 1.807) is 43.6 Å². The Hall–Kier alpha value is -1.77. The molecule has 0 aromatic carbocycles. The molecule has 8 heteroatoms. The van der Waals surface area contributed by atoms with Gasteiger partial charge in [0, 0.05) is 12.4 Å². The molecule has 0 radical (unpaired) electrons. The Labute approximate surface area is 153 Å². The maximum atomic E-state index is 12.7. The number of aromatic nitrogens is 2. The number of pyridine rings is 2. The van der Waals surface area contributed by atoms with Gasteiger partial charge in [0.1, 0.15) is 10.1 Å². The number of hydrogen-bond acceptors (Lipinski definition) is 7. The number of hydrogen-bond donors (Lipinski definition) is 1. The zero-order valence-electron chi connectivity index (χ0n) is 12.6. The molecule has 1 unspecified atom stereocenters. The minimum Gasteiger partial charge on any atom is -0.268 e. The van der Waals surface area contributed by atoms with Gasteiger partial charge in [0.2, 0.25) is 0 Å². The lowest BCUT2D eigenvalue weighted by atomic mass is 10.5. The van der Waals surface area contributed by atoms with E-state index in [9.17, 15) is 9.59 Å². The van der Waals surface area contributed by atoms with E-state index < -0.39 is 5.37 Å². The second kappa shape index (κ2) is 7.42. The number of amides is 2. The number of nitrogens with zero attached hydrogens (tertiary/aromatic N) is 3. The van der Waals surface area contributed by atoms with E-state index in [0.717, 1.165) is 4.90 Å². The smallest absolute Gasteiger partial charge is 0.268 e. The summed E-state index contributed by atoms with van der Waals surface area (Å²) in [5.41, 5.74) is 0. The van der Waals surface area contributed by atoms with Crippen LogP contribution in [0.2, 0.25) is 0 Å². The quantitative estimate of drug-likeness (QED) is 0.640. The van der Waals surface area contributed by atoms with Gasteiger partial charge in [-0.2, -0.15) is 12.6 Å². The summed E-state index contributed by atoms with van der Waals surface area (Å²) in [4.78, 5) is 35.7. The second-order valence-corrected chi connectivity index (χ2v) is 7.62. The van der Waals surface area contributed by atoms with Gasteiger partial charge in [-0.15, -0.1) is 0 Å². The molecule has 24 heavy (non-hydrogen) atoms. The van der Waals surface area contributed by atoms with E-state index in [1.165, 1.54) is 23.5 Å². The van der Waals surface area contributed by atoms with E-state index in [-0.39, 0.29) is 11.8 Å². The predicted molar refractivity (Wildman–Crippen MR) is 97.5 cm³/mol. The van der Waals surface area contributed by atoms with Crippen LogP contribution in [0.5, 0.6) is 0 Å². The Morgan fingerprint density at radius 2 is 1.38 bits per heavy atom. The molecule has 1 aliphatic heterocycles. The van der Waals surface area contributed by atoms with Crippen LogP contribution in [0.1, 0.15) is 6.92 Å². The third kappa shape index (κ3) is 3.50. The van der Waals surface area contributed by atoms with Crippen molar-refractivity contribution in [3.05, 3.63) is 58.6 Å². The summed E-state index contributed by atoms with van der Waals surface area (Å²) in [7, 11) is 0. The summed E-state index contributed by atoms with van der Waals surface area (Å²) in [6.45, 7) is 1.69. The predicted octanol–water partition coefficient (Wildman–Crippen LogP) is 3.22. The molecule has 5 nitrogen and oxygen atoms in total. The number of carbonyl (C=O) groups is 2. The Balaban J connectivity index is 1.98. The number of imide groups is 1. The van der Waals surface area contributed by atoms with E-state index in [4.69, 9.17) is 0 Å². The van der Waals surface area contributed by atoms with Gasteiger partial charge in [0.25, 0.3) is 11.8 Å². The molecule has 0 fully saturated rings. The molecule has 122 valence electrons. The van der Waals surface area contributed by atoms with E-state index in [1.807, 2.05) is 12.1 Å². The Kier molecular flexibility index (Phi) is 5.27. The zero-order valence-corrected chi connectivity index (χ0v) is 15.1. The molecule has 1 aliphatic rings. The van der Waals surface area contributed by atoms with Crippen LogP contribution in [0, 0.1) is 0 Å². The number of carbonyl (C=O) groups excluding carboxylic acids is 2. The molecule has 0 spiro atoms. The third-order valence-corrected chi connectivity index (χ3v) is 5.52. The molecule has 2 aromatic rings. The molecular weight excluding hydrogens is 362 g/mol. The van der Waals surface area contributed by atoms with Crippen molar-refractivity contribution in [2.45, 2.75) is 22.3 Å². The lowest BCUT2D eigenvalue weighted by Crippen LogP contribution is -2.36. The highest BCUT2D eigenvalue weighted by Crippen LogP contribution is 2.42. The standard InChI is InChI=1S/C16H13N3O2S3/c1-10(22)19-15(20)13(23-11-6-2-4-8-17-11)14(16(19)21)24-12-7-3-5-9-18-12/h2-10,22H,1H3. The number of thiol groups is 1. The van der Waals surface area contributed by atoms with Crippen LogP contribution in [0.3, 0.4) is 0 Å². The molecule has 0 bridgehead atoms. The van der Waals surface area contributed by atoms with E-state index >= 15 is 0 Å². The van der Waals surface area contributed by atoms with Crippen LogP contribution < -0.4 is 0 Å². The molecule has 2 aromatic heterocycles. The molecule has 1 atom stereocenters. The summed E-state index contributed by atoms with van der Waals surface area (Å²) < 4.78 is 0. The van der Waals surface area contributed by atoms with Gasteiger partial charge >= 0.3 is 0 Å². The van der Waals surface area contributed by atoms with Crippen LogP contribution in [0.4, 0.5) is 0 Å². The van der Waals surface area contributed by atoms with Crippen LogP contribution >= 0.6 is 36.2 Å². The Bertz CT molecular complexity index is 731. The van der Waals surface area contributed by atoms with Crippen LogP contribution in [-0.4, -0.2) is 32.1 Å². The van der Waals surface area contributed by atoms with Crippen molar-refractivity contribution in [3.8, 4) is 0 Å². The molecule has 0 N–H and O–H groups in total. The van der Waals surface area contributed by atoms with Gasteiger partial charge in [-0.3, -0.25) is 14.5 Å². The van der Waals surface area contributed by atoms with Crippen LogP contribution in [0.25, 0.3) is 0 Å². The van der Waals surface area contributed by atoms with Crippen molar-refractivity contribution >= 4 is 48.0 Å². The van der Waals surface area contributed by atoms with Gasteiger partial charge in [0.05, 0.1) is 15.2 Å². The largest absolute Gasteiger partial charge is 0.269 e. The van der Waals surface area contributed by atoms with Crippen molar-refractivity contribution in [3.63, 3.8) is 0 Å². The molecule has 3 rings (SSSR count). The lowest BCUT2D eigenvalue weighted by molar-refractivity contribution is -0.137. The van der Waals surface area contributed by atoms with Crippen LogP contribution in [0.15, 0.2) is 68.7 Å². The van der Waals surface area contributed by atoms with E-state index in [2.05, 4.69) is 22.6 Å². The minimum absolute atomic E-state index is 0.350. The SMILES string of the molecule is CC(S)N1C(=O)C(Sc2ccccn2)=C(Sc2ccccn2)C1=O. The first-order valence-electron chi connectivity index (χ1n) is 7.06. The third-order valence-electron chi connectivity index (χ3n) is 3.09. The fourth-order valence-corrected chi connectivity index (χ4v) is 4.18. The van der Waals surface area contributed by atoms with Gasteiger partial charge in [-0.05, 0) is 31.2 Å². The van der Waals surface area contributed by atoms with Gasteiger partial charge in [0.15, 0.2) is 0 Å².